The molecule has 0 N–H and O–H groups in total. The Bertz CT molecular complexity index is 1310. The van der Waals surface area contributed by atoms with Crippen LogP contribution in [0.1, 0.15) is 361 Å². The number of hydrogen-bond donors (Lipinski definition) is 0. The third kappa shape index (κ3) is 62.2. The smallest absolute Gasteiger partial charge is 0.306 e. The molecule has 0 amide bonds. The summed E-state index contributed by atoms with van der Waals surface area (Å²) in [5, 5.41) is 0. The summed E-state index contributed by atoms with van der Waals surface area (Å²) in [4.78, 5) is 38.4. The summed E-state index contributed by atoms with van der Waals surface area (Å²) < 4.78 is 17.0. The van der Waals surface area contributed by atoms with E-state index in [1.165, 1.54) is 238 Å². The van der Waals surface area contributed by atoms with Crippen molar-refractivity contribution in [2.45, 2.75) is 367 Å². The van der Waals surface area contributed by atoms with Gasteiger partial charge in [0, 0.05) is 19.3 Å². The van der Waals surface area contributed by atoms with E-state index in [1.807, 2.05) is 0 Å². The van der Waals surface area contributed by atoms with Gasteiger partial charge in [-0.2, -0.15) is 0 Å². The van der Waals surface area contributed by atoms with Crippen LogP contribution in [-0.4, -0.2) is 37.2 Å². The van der Waals surface area contributed by atoms with Gasteiger partial charge in [0.2, 0.25) is 0 Å². The van der Waals surface area contributed by atoms with Crippen molar-refractivity contribution in [3.8, 4) is 0 Å². The van der Waals surface area contributed by atoms with Crippen molar-refractivity contribution in [3.05, 3.63) is 48.6 Å². The Morgan fingerprint density at radius 1 is 0.276 bits per heavy atom. The van der Waals surface area contributed by atoms with E-state index in [1.54, 1.807) is 0 Å². The van der Waals surface area contributed by atoms with Gasteiger partial charge < -0.3 is 14.2 Å². The Morgan fingerprint density at radius 3 is 0.803 bits per heavy atom. The minimum atomic E-state index is -0.770. The molecule has 0 rings (SSSR count). The molecule has 6 nitrogen and oxygen atoms in total. The average Bonchev–Trinajstić information content (AvgIpc) is 3.42. The van der Waals surface area contributed by atoms with E-state index in [0.717, 1.165) is 83.5 Å². The highest BCUT2D eigenvalue weighted by molar-refractivity contribution is 5.71. The second kappa shape index (κ2) is 64.9. The van der Waals surface area contributed by atoms with E-state index >= 15 is 0 Å². The monoisotopic (exact) mass is 1060 g/mol. The molecule has 0 saturated carbocycles. The molecule has 0 bridgehead atoms. The van der Waals surface area contributed by atoms with Crippen LogP contribution in [0.2, 0.25) is 0 Å². The highest BCUT2D eigenvalue weighted by Gasteiger charge is 2.19. The van der Waals surface area contributed by atoms with Gasteiger partial charge in [-0.05, 0) is 57.8 Å². The van der Waals surface area contributed by atoms with E-state index in [0.29, 0.717) is 19.3 Å². The summed E-state index contributed by atoms with van der Waals surface area (Å²) in [6.45, 7) is 6.60. The van der Waals surface area contributed by atoms with Gasteiger partial charge in [-0.25, -0.2) is 0 Å². The molecule has 0 spiro atoms. The number of esters is 3. The van der Waals surface area contributed by atoms with Gasteiger partial charge in [-0.15, -0.1) is 0 Å². The molecule has 0 aromatic heterocycles. The summed E-state index contributed by atoms with van der Waals surface area (Å²) in [6.07, 6.45) is 81.2. The van der Waals surface area contributed by atoms with Gasteiger partial charge in [0.25, 0.3) is 0 Å². The standard InChI is InChI=1S/C70H128O6/c1-4-7-10-13-16-19-22-25-28-31-32-33-34-35-36-37-38-40-42-45-48-51-54-57-60-63-69(72)75-66-67(65-74-68(71)62-59-56-53-50-47-44-41-30-27-24-21-18-15-12-9-6-3)76-70(73)64-61-58-55-52-49-46-43-39-29-26-23-20-17-14-11-8-5-2/h7,10,16,19,25,28,32-33,67H,4-6,8-9,11-15,17-18,20-24,26-27,29-31,34-66H2,1-3H3/b10-7-,19-16-,28-25-,33-32-. The molecule has 0 aromatic rings. The SMILES string of the molecule is CC/C=C\C/C=C\C/C=C\C/C=C\CCCCCCCCCCCCCCC(=O)OCC(COC(=O)CCCCCCCCCCCCCCCCCC)OC(=O)CCCCCCCCCCCCCCCCCCC. The Hall–Kier alpha value is -2.63. The summed E-state index contributed by atoms with van der Waals surface area (Å²) in [7, 11) is 0. The van der Waals surface area contributed by atoms with Crippen LogP contribution in [0.5, 0.6) is 0 Å². The van der Waals surface area contributed by atoms with Gasteiger partial charge in [-0.1, -0.05) is 333 Å². The molecule has 0 aromatic carbocycles. The lowest BCUT2D eigenvalue weighted by Gasteiger charge is -2.18. The van der Waals surface area contributed by atoms with E-state index < -0.39 is 6.10 Å². The number of allylic oxidation sites excluding steroid dienone is 8. The van der Waals surface area contributed by atoms with Gasteiger partial charge in [0.15, 0.2) is 6.10 Å². The molecule has 0 heterocycles. The molecule has 1 unspecified atom stereocenters. The molecule has 0 saturated heterocycles. The highest BCUT2D eigenvalue weighted by atomic mass is 16.6. The zero-order valence-corrected chi connectivity index (χ0v) is 51.0. The Balaban J connectivity index is 4.28. The number of hydrogen-bond acceptors (Lipinski definition) is 6. The number of carbonyl (C=O) groups excluding carboxylic acids is 3. The van der Waals surface area contributed by atoms with Crippen molar-refractivity contribution in [2.24, 2.45) is 0 Å². The maximum absolute atomic E-state index is 12.9. The summed E-state index contributed by atoms with van der Waals surface area (Å²) in [5.41, 5.74) is 0. The van der Waals surface area contributed by atoms with Crippen molar-refractivity contribution in [2.75, 3.05) is 13.2 Å². The molecule has 1 atom stereocenters. The van der Waals surface area contributed by atoms with Gasteiger partial charge in [0.1, 0.15) is 13.2 Å². The fourth-order valence-electron chi connectivity index (χ4n) is 10.1. The minimum Gasteiger partial charge on any atom is -0.462 e. The molecule has 0 radical (unpaired) electrons. The minimum absolute atomic E-state index is 0.0670. The first-order chi connectivity index (χ1) is 37.5. The van der Waals surface area contributed by atoms with E-state index in [-0.39, 0.29) is 31.1 Å². The van der Waals surface area contributed by atoms with Crippen LogP contribution in [0, 0.1) is 0 Å². The van der Waals surface area contributed by atoms with Crippen LogP contribution in [0.15, 0.2) is 48.6 Å². The van der Waals surface area contributed by atoms with Crippen LogP contribution < -0.4 is 0 Å². The molecular weight excluding hydrogens is 937 g/mol. The van der Waals surface area contributed by atoms with Crippen LogP contribution >= 0.6 is 0 Å². The lowest BCUT2D eigenvalue weighted by molar-refractivity contribution is -0.167. The molecule has 0 aliphatic carbocycles. The van der Waals surface area contributed by atoms with E-state index in [4.69, 9.17) is 14.2 Å². The van der Waals surface area contributed by atoms with Crippen molar-refractivity contribution in [1.29, 1.82) is 0 Å². The Kier molecular flexibility index (Phi) is 62.6. The van der Waals surface area contributed by atoms with Crippen LogP contribution in [-0.2, 0) is 28.6 Å². The highest BCUT2D eigenvalue weighted by Crippen LogP contribution is 2.18. The van der Waals surface area contributed by atoms with Crippen LogP contribution in [0.4, 0.5) is 0 Å². The van der Waals surface area contributed by atoms with Crippen molar-refractivity contribution in [1.82, 2.24) is 0 Å². The number of ether oxygens (including phenoxy) is 3. The quantitative estimate of drug-likeness (QED) is 0.0261. The molecule has 0 aliphatic rings. The summed E-state index contributed by atoms with van der Waals surface area (Å²) in [5.74, 6) is -0.841. The first-order valence-electron chi connectivity index (χ1n) is 33.6. The fourth-order valence-corrected chi connectivity index (χ4v) is 10.1. The number of carbonyl (C=O) groups is 3. The zero-order chi connectivity index (χ0) is 55.0. The normalized spacial score (nSPS) is 12.3. The zero-order valence-electron chi connectivity index (χ0n) is 51.0. The first-order valence-corrected chi connectivity index (χ1v) is 33.6. The number of rotatable bonds is 62. The van der Waals surface area contributed by atoms with Gasteiger partial charge in [0.05, 0.1) is 0 Å². The van der Waals surface area contributed by atoms with Crippen LogP contribution in [0.3, 0.4) is 0 Å². The van der Waals surface area contributed by atoms with Crippen LogP contribution in [0.25, 0.3) is 0 Å². The first kappa shape index (κ1) is 73.4. The third-order valence-corrected chi connectivity index (χ3v) is 15.1. The summed E-state index contributed by atoms with van der Waals surface area (Å²) >= 11 is 0. The van der Waals surface area contributed by atoms with Gasteiger partial charge >= 0.3 is 17.9 Å². The maximum Gasteiger partial charge on any atom is 0.306 e. The Morgan fingerprint density at radius 2 is 0.513 bits per heavy atom. The summed E-state index contributed by atoms with van der Waals surface area (Å²) in [6, 6.07) is 0. The van der Waals surface area contributed by atoms with Gasteiger partial charge in [-0.3, -0.25) is 14.4 Å². The maximum atomic E-state index is 12.9. The largest absolute Gasteiger partial charge is 0.462 e. The second-order valence-electron chi connectivity index (χ2n) is 22.7. The lowest BCUT2D eigenvalue weighted by Crippen LogP contribution is -2.30. The molecule has 0 fully saturated rings. The molecular formula is C70H128O6. The Labute approximate surface area is 473 Å². The van der Waals surface area contributed by atoms with Crippen molar-refractivity contribution < 1.29 is 28.6 Å². The van der Waals surface area contributed by atoms with E-state index in [9.17, 15) is 14.4 Å². The predicted molar refractivity (Wildman–Crippen MR) is 330 cm³/mol. The molecule has 0 aliphatic heterocycles. The molecule has 6 heteroatoms. The molecule has 444 valence electrons. The van der Waals surface area contributed by atoms with Crippen molar-refractivity contribution >= 4 is 17.9 Å². The fraction of sp³-hybridized carbons (Fsp3) is 0.843. The second-order valence-corrected chi connectivity index (χ2v) is 22.7. The lowest BCUT2D eigenvalue weighted by atomic mass is 10.0. The number of unbranched alkanes of at least 4 members (excludes halogenated alkanes) is 43. The third-order valence-electron chi connectivity index (χ3n) is 15.1. The average molecular weight is 1070 g/mol. The molecule has 76 heavy (non-hydrogen) atoms. The van der Waals surface area contributed by atoms with Crippen molar-refractivity contribution in [3.63, 3.8) is 0 Å². The topological polar surface area (TPSA) is 78.9 Å². The predicted octanol–water partition coefficient (Wildman–Crippen LogP) is 22.9. The van der Waals surface area contributed by atoms with E-state index in [2.05, 4.69) is 69.4 Å².